The minimum Gasteiger partial charge on any atom is -0.389 e. The third-order valence-electron chi connectivity index (χ3n) is 2.55. The van der Waals surface area contributed by atoms with Crippen molar-refractivity contribution in [1.29, 1.82) is 5.26 Å². The highest BCUT2D eigenvalue weighted by atomic mass is 16.3. The number of benzene rings is 1. The molecule has 92 valence electrons. The van der Waals surface area contributed by atoms with Crippen LogP contribution in [0.1, 0.15) is 31.9 Å². The molecule has 0 aliphatic rings. The van der Waals surface area contributed by atoms with Gasteiger partial charge in [0.2, 0.25) is 0 Å². The molecule has 17 heavy (non-hydrogen) atoms. The second-order valence-corrected chi connectivity index (χ2v) is 4.92. The number of aliphatic hydroxyl groups is 1. The minimum absolute atomic E-state index is 0.642. The molecule has 0 saturated heterocycles. The third kappa shape index (κ3) is 4.99. The molecule has 0 fully saturated rings. The molecule has 0 heterocycles. The van der Waals surface area contributed by atoms with Crippen molar-refractivity contribution in [2.45, 2.75) is 32.9 Å². The predicted octanol–water partition coefficient (Wildman–Crippen LogP) is 2.15. The van der Waals surface area contributed by atoms with Crippen molar-refractivity contribution in [2.24, 2.45) is 0 Å². The molecule has 0 aliphatic heterocycles. The zero-order valence-electron chi connectivity index (χ0n) is 10.8. The molecule has 0 amide bonds. The SMILES string of the molecule is CCN(Cc1ccc(C#N)cc1)CC(C)(C)O. The summed E-state index contributed by atoms with van der Waals surface area (Å²) in [5, 5.41) is 18.5. The lowest BCUT2D eigenvalue weighted by molar-refractivity contribution is 0.0353. The quantitative estimate of drug-likeness (QED) is 0.846. The van der Waals surface area contributed by atoms with Crippen molar-refractivity contribution in [3.8, 4) is 6.07 Å². The van der Waals surface area contributed by atoms with Crippen LogP contribution in [0.2, 0.25) is 0 Å². The van der Waals surface area contributed by atoms with Crippen LogP contribution < -0.4 is 0 Å². The van der Waals surface area contributed by atoms with Crippen molar-refractivity contribution in [3.63, 3.8) is 0 Å². The Bertz CT molecular complexity index is 384. The summed E-state index contributed by atoms with van der Waals surface area (Å²) in [7, 11) is 0. The Morgan fingerprint density at radius 1 is 1.29 bits per heavy atom. The van der Waals surface area contributed by atoms with E-state index >= 15 is 0 Å². The highest BCUT2D eigenvalue weighted by Crippen LogP contribution is 2.10. The molecular formula is C14H20N2O. The van der Waals surface area contributed by atoms with E-state index in [1.807, 2.05) is 38.1 Å². The molecule has 0 unspecified atom stereocenters. The molecule has 0 atom stereocenters. The van der Waals surface area contributed by atoms with E-state index < -0.39 is 5.60 Å². The van der Waals surface area contributed by atoms with E-state index in [0.29, 0.717) is 12.1 Å². The number of hydrogen-bond acceptors (Lipinski definition) is 3. The Balaban J connectivity index is 2.64. The molecule has 0 spiro atoms. The van der Waals surface area contributed by atoms with Crippen molar-refractivity contribution >= 4 is 0 Å². The smallest absolute Gasteiger partial charge is 0.0991 e. The van der Waals surface area contributed by atoms with Crippen molar-refractivity contribution in [3.05, 3.63) is 35.4 Å². The molecule has 1 aromatic carbocycles. The molecule has 0 saturated carbocycles. The van der Waals surface area contributed by atoms with Gasteiger partial charge in [-0.15, -0.1) is 0 Å². The molecule has 3 heteroatoms. The maximum atomic E-state index is 9.79. The Labute approximate surface area is 103 Å². The Morgan fingerprint density at radius 3 is 2.29 bits per heavy atom. The standard InChI is InChI=1S/C14H20N2O/c1-4-16(11-14(2,3)17)10-13-7-5-12(9-15)6-8-13/h5-8,17H,4,10-11H2,1-3H3. The molecule has 0 bridgehead atoms. The predicted molar refractivity (Wildman–Crippen MR) is 68.4 cm³/mol. The van der Waals surface area contributed by atoms with E-state index in [0.717, 1.165) is 18.7 Å². The molecule has 0 aliphatic carbocycles. The zero-order valence-corrected chi connectivity index (χ0v) is 10.8. The lowest BCUT2D eigenvalue weighted by atomic mass is 10.1. The van der Waals surface area contributed by atoms with E-state index in [-0.39, 0.29) is 0 Å². The number of hydrogen-bond donors (Lipinski definition) is 1. The molecule has 3 nitrogen and oxygen atoms in total. The molecule has 1 N–H and O–H groups in total. The van der Waals surface area contributed by atoms with Gasteiger partial charge in [-0.25, -0.2) is 0 Å². The molecule has 0 radical (unpaired) electrons. The van der Waals surface area contributed by atoms with Gasteiger partial charge in [-0.3, -0.25) is 4.90 Å². The van der Waals surface area contributed by atoms with Gasteiger partial charge in [0, 0.05) is 13.1 Å². The zero-order chi connectivity index (χ0) is 12.9. The maximum Gasteiger partial charge on any atom is 0.0991 e. The van der Waals surface area contributed by atoms with Crippen LogP contribution in [-0.4, -0.2) is 28.7 Å². The number of rotatable bonds is 5. The number of likely N-dealkylation sites (N-methyl/N-ethyl adjacent to an activating group) is 1. The summed E-state index contributed by atoms with van der Waals surface area (Å²) in [6, 6.07) is 9.69. The van der Waals surface area contributed by atoms with E-state index in [2.05, 4.69) is 17.9 Å². The van der Waals surface area contributed by atoms with Crippen molar-refractivity contribution in [2.75, 3.05) is 13.1 Å². The fraction of sp³-hybridized carbons (Fsp3) is 0.500. The monoisotopic (exact) mass is 232 g/mol. The summed E-state index contributed by atoms with van der Waals surface area (Å²) in [6.45, 7) is 8.04. The highest BCUT2D eigenvalue weighted by Gasteiger charge is 2.17. The lowest BCUT2D eigenvalue weighted by Crippen LogP contribution is -2.38. The minimum atomic E-state index is -0.678. The Hall–Kier alpha value is -1.37. The second kappa shape index (κ2) is 5.81. The van der Waals surface area contributed by atoms with Gasteiger partial charge in [-0.05, 0) is 38.1 Å². The van der Waals surface area contributed by atoms with Gasteiger partial charge < -0.3 is 5.11 Å². The maximum absolute atomic E-state index is 9.79. The largest absolute Gasteiger partial charge is 0.389 e. The van der Waals surface area contributed by atoms with Crippen LogP contribution in [0.25, 0.3) is 0 Å². The van der Waals surface area contributed by atoms with Gasteiger partial charge in [-0.1, -0.05) is 19.1 Å². The first-order valence-corrected chi connectivity index (χ1v) is 5.88. The van der Waals surface area contributed by atoms with Crippen LogP contribution in [0, 0.1) is 11.3 Å². The highest BCUT2D eigenvalue weighted by molar-refractivity contribution is 5.31. The first kappa shape index (κ1) is 13.7. The fourth-order valence-electron chi connectivity index (χ4n) is 1.77. The van der Waals surface area contributed by atoms with E-state index in [4.69, 9.17) is 5.26 Å². The van der Waals surface area contributed by atoms with Gasteiger partial charge in [0.05, 0.1) is 17.2 Å². The normalized spacial score (nSPS) is 11.5. The fourth-order valence-corrected chi connectivity index (χ4v) is 1.77. The van der Waals surface area contributed by atoms with E-state index in [1.54, 1.807) is 0 Å². The first-order valence-electron chi connectivity index (χ1n) is 5.88. The summed E-state index contributed by atoms with van der Waals surface area (Å²) >= 11 is 0. The van der Waals surface area contributed by atoms with Crippen LogP contribution in [0.15, 0.2) is 24.3 Å². The third-order valence-corrected chi connectivity index (χ3v) is 2.55. The topological polar surface area (TPSA) is 47.3 Å². The van der Waals surface area contributed by atoms with E-state index in [1.165, 1.54) is 0 Å². The second-order valence-electron chi connectivity index (χ2n) is 4.92. The van der Waals surface area contributed by atoms with Gasteiger partial charge in [0.15, 0.2) is 0 Å². The number of nitriles is 1. The van der Waals surface area contributed by atoms with Crippen LogP contribution >= 0.6 is 0 Å². The summed E-state index contributed by atoms with van der Waals surface area (Å²) in [5.74, 6) is 0. The molecule has 0 aromatic heterocycles. The summed E-state index contributed by atoms with van der Waals surface area (Å²) in [6.07, 6.45) is 0. The average molecular weight is 232 g/mol. The molecule has 1 rings (SSSR count). The summed E-state index contributed by atoms with van der Waals surface area (Å²) < 4.78 is 0. The van der Waals surface area contributed by atoms with Crippen molar-refractivity contribution in [1.82, 2.24) is 4.90 Å². The van der Waals surface area contributed by atoms with Gasteiger partial charge in [0.25, 0.3) is 0 Å². The molecule has 1 aromatic rings. The van der Waals surface area contributed by atoms with E-state index in [9.17, 15) is 5.11 Å². The van der Waals surface area contributed by atoms with Gasteiger partial charge in [0.1, 0.15) is 0 Å². The number of nitrogens with zero attached hydrogens (tertiary/aromatic N) is 2. The average Bonchev–Trinajstić information content (AvgIpc) is 2.27. The Morgan fingerprint density at radius 2 is 1.88 bits per heavy atom. The summed E-state index contributed by atoms with van der Waals surface area (Å²) in [5.41, 5.74) is 1.16. The first-order chi connectivity index (χ1) is 7.94. The van der Waals surface area contributed by atoms with Gasteiger partial charge >= 0.3 is 0 Å². The lowest BCUT2D eigenvalue weighted by Gasteiger charge is -2.27. The van der Waals surface area contributed by atoms with Crippen LogP contribution in [0.3, 0.4) is 0 Å². The van der Waals surface area contributed by atoms with Crippen LogP contribution in [0.5, 0.6) is 0 Å². The summed E-state index contributed by atoms with van der Waals surface area (Å²) in [4.78, 5) is 2.18. The Kier molecular flexibility index (Phi) is 4.68. The molecular weight excluding hydrogens is 212 g/mol. The van der Waals surface area contributed by atoms with Crippen LogP contribution in [0.4, 0.5) is 0 Å². The van der Waals surface area contributed by atoms with Crippen molar-refractivity contribution < 1.29 is 5.11 Å². The van der Waals surface area contributed by atoms with Crippen LogP contribution in [-0.2, 0) is 6.54 Å². The van der Waals surface area contributed by atoms with Gasteiger partial charge in [-0.2, -0.15) is 5.26 Å².